The van der Waals surface area contributed by atoms with E-state index < -0.39 is 17.9 Å². The minimum atomic E-state index is -1.21. The topological polar surface area (TPSA) is 86.6 Å². The maximum atomic E-state index is 12.0. The molecule has 3 N–H and O–H groups in total. The van der Waals surface area contributed by atoms with Crippen LogP contribution in [0.4, 0.5) is 0 Å². The van der Waals surface area contributed by atoms with Crippen molar-refractivity contribution in [1.82, 2.24) is 5.48 Å². The largest absolute Gasteiger partial charge is 0.481 e. The van der Waals surface area contributed by atoms with Crippen LogP contribution in [0, 0.1) is 5.92 Å². The van der Waals surface area contributed by atoms with Crippen molar-refractivity contribution >= 4 is 11.8 Å². The van der Waals surface area contributed by atoms with E-state index in [1.807, 2.05) is 11.6 Å². The van der Waals surface area contributed by atoms with Crippen LogP contribution >= 0.6 is 0 Å². The molecule has 0 amide bonds. The number of Topliss-reactive ketones (excluding diaryl/α,β-unsaturated/α-hetero) is 1. The summed E-state index contributed by atoms with van der Waals surface area (Å²) < 4.78 is 0. The predicted octanol–water partition coefficient (Wildman–Crippen LogP) is 5.77. The third-order valence-electron chi connectivity index (χ3n) is 4.57. The summed E-state index contributed by atoms with van der Waals surface area (Å²) in [6.45, 7) is 3.69. The lowest BCUT2D eigenvalue weighted by molar-refractivity contribution is -0.148. The Hall–Kier alpha value is -1.98. The second-order valence-corrected chi connectivity index (χ2v) is 7.18. The van der Waals surface area contributed by atoms with Crippen molar-refractivity contribution in [3.63, 3.8) is 0 Å². The fourth-order valence-corrected chi connectivity index (χ4v) is 2.82. The number of nitrogens with one attached hydrogen (secondary N) is 1. The number of carboxylic acids is 1. The molecule has 2 unspecified atom stereocenters. The highest BCUT2D eigenvalue weighted by atomic mass is 16.5. The van der Waals surface area contributed by atoms with Gasteiger partial charge >= 0.3 is 5.97 Å². The summed E-state index contributed by atoms with van der Waals surface area (Å²) in [6.07, 6.45) is 26.5. The molecule has 0 aromatic heterocycles. The van der Waals surface area contributed by atoms with Crippen molar-refractivity contribution in [2.45, 2.75) is 84.1 Å². The Morgan fingerprint density at radius 2 is 1.31 bits per heavy atom. The number of carboxylic acid groups (broad SMARTS) is 1. The van der Waals surface area contributed by atoms with Gasteiger partial charge in [0.05, 0.1) is 0 Å². The van der Waals surface area contributed by atoms with Gasteiger partial charge in [-0.3, -0.25) is 9.59 Å². The van der Waals surface area contributed by atoms with Crippen molar-refractivity contribution in [3.8, 4) is 0 Å². The minimum absolute atomic E-state index is 0.195. The van der Waals surface area contributed by atoms with Gasteiger partial charge in [-0.05, 0) is 51.9 Å². The standard InChI is InChI=1S/C24H39NO4/c1-3-4-5-6-7-8-9-10-11-12-13-14-15-16-17-18-19-20-22(26)23(24(27)28)21(2)25-29/h7-8,10-11,13-14,16-17,21,23,25,29H,3-6,9,12,15,18-20H2,1-2H3,(H,27,28). The molecule has 0 aliphatic carbocycles. The van der Waals surface area contributed by atoms with Gasteiger partial charge in [-0.2, -0.15) is 0 Å². The van der Waals surface area contributed by atoms with E-state index in [9.17, 15) is 9.59 Å². The number of hydrogen-bond donors (Lipinski definition) is 3. The van der Waals surface area contributed by atoms with Crippen LogP contribution in [0.15, 0.2) is 48.6 Å². The van der Waals surface area contributed by atoms with Crippen LogP contribution in [0.2, 0.25) is 0 Å². The minimum Gasteiger partial charge on any atom is -0.481 e. The molecule has 0 rings (SSSR count). The van der Waals surface area contributed by atoms with E-state index in [0.29, 0.717) is 6.42 Å². The fraction of sp³-hybridized carbons (Fsp3) is 0.583. The summed E-state index contributed by atoms with van der Waals surface area (Å²) in [4.78, 5) is 23.1. The number of hydroxylamine groups is 1. The molecule has 29 heavy (non-hydrogen) atoms. The molecule has 0 saturated heterocycles. The zero-order valence-corrected chi connectivity index (χ0v) is 18.1. The van der Waals surface area contributed by atoms with E-state index in [1.165, 1.54) is 32.6 Å². The summed E-state index contributed by atoms with van der Waals surface area (Å²) in [5, 5.41) is 17.9. The average molecular weight is 406 g/mol. The smallest absolute Gasteiger partial charge is 0.315 e. The maximum Gasteiger partial charge on any atom is 0.315 e. The lowest BCUT2D eigenvalue weighted by Crippen LogP contribution is -2.41. The van der Waals surface area contributed by atoms with Gasteiger partial charge in [0, 0.05) is 12.5 Å². The summed E-state index contributed by atoms with van der Waals surface area (Å²) in [6, 6.07) is -0.795. The van der Waals surface area contributed by atoms with E-state index in [0.717, 1.165) is 25.7 Å². The van der Waals surface area contributed by atoms with Gasteiger partial charge in [0.15, 0.2) is 0 Å². The van der Waals surface area contributed by atoms with Crippen LogP contribution in [0.5, 0.6) is 0 Å². The van der Waals surface area contributed by atoms with Gasteiger partial charge in [0.2, 0.25) is 0 Å². The molecule has 0 fully saturated rings. The quantitative estimate of drug-likeness (QED) is 0.117. The van der Waals surface area contributed by atoms with Crippen molar-refractivity contribution in [2.75, 3.05) is 0 Å². The SMILES string of the molecule is CCCCCC=CCC=CCC=CCC=CCCCC(=O)C(C(=O)O)C(C)NO. The number of rotatable bonds is 18. The normalized spacial score (nSPS) is 14.4. The molecule has 0 spiro atoms. The fourth-order valence-electron chi connectivity index (χ4n) is 2.82. The van der Waals surface area contributed by atoms with Gasteiger partial charge in [-0.1, -0.05) is 68.4 Å². The second kappa shape index (κ2) is 19.3. The first-order chi connectivity index (χ1) is 14.0. The highest BCUT2D eigenvalue weighted by Gasteiger charge is 2.30. The lowest BCUT2D eigenvalue weighted by atomic mass is 9.93. The lowest BCUT2D eigenvalue weighted by Gasteiger charge is -2.17. The Kier molecular flexibility index (Phi) is 18.0. The zero-order valence-electron chi connectivity index (χ0n) is 18.1. The highest BCUT2D eigenvalue weighted by molar-refractivity contribution is 5.98. The Morgan fingerprint density at radius 1 is 0.828 bits per heavy atom. The van der Waals surface area contributed by atoms with Crippen LogP contribution < -0.4 is 5.48 Å². The van der Waals surface area contributed by atoms with Gasteiger partial charge in [-0.15, -0.1) is 0 Å². The molecule has 164 valence electrons. The molecule has 0 heterocycles. The van der Waals surface area contributed by atoms with E-state index in [1.54, 1.807) is 0 Å². The van der Waals surface area contributed by atoms with Crippen molar-refractivity contribution in [2.24, 2.45) is 5.92 Å². The Labute approximate surface area is 176 Å². The number of allylic oxidation sites excluding steroid dienone is 8. The number of unbranched alkanes of at least 4 members (excludes halogenated alkanes) is 4. The van der Waals surface area contributed by atoms with Crippen molar-refractivity contribution in [1.29, 1.82) is 0 Å². The molecule has 0 aliphatic heterocycles. The predicted molar refractivity (Wildman–Crippen MR) is 119 cm³/mol. The molecule has 0 aromatic rings. The van der Waals surface area contributed by atoms with Gasteiger partial charge in [-0.25, -0.2) is 5.48 Å². The van der Waals surface area contributed by atoms with E-state index in [-0.39, 0.29) is 12.2 Å². The first kappa shape index (κ1) is 27.0. The first-order valence-corrected chi connectivity index (χ1v) is 10.8. The molecular weight excluding hydrogens is 366 g/mol. The Balaban J connectivity index is 3.79. The molecule has 0 saturated carbocycles. The van der Waals surface area contributed by atoms with Gasteiger partial charge in [0.1, 0.15) is 11.7 Å². The third kappa shape index (κ3) is 15.6. The average Bonchev–Trinajstić information content (AvgIpc) is 2.70. The summed E-state index contributed by atoms with van der Waals surface area (Å²) in [5.41, 5.74) is 1.85. The van der Waals surface area contributed by atoms with Crippen LogP contribution in [-0.2, 0) is 9.59 Å². The van der Waals surface area contributed by atoms with Crippen LogP contribution in [0.25, 0.3) is 0 Å². The van der Waals surface area contributed by atoms with Crippen LogP contribution in [0.3, 0.4) is 0 Å². The summed E-state index contributed by atoms with van der Waals surface area (Å²) in [5.74, 6) is -2.78. The molecule has 0 aliphatic rings. The maximum absolute atomic E-state index is 12.0. The van der Waals surface area contributed by atoms with Gasteiger partial charge in [0.25, 0.3) is 0 Å². The zero-order chi connectivity index (χ0) is 21.7. The number of hydrogen-bond acceptors (Lipinski definition) is 4. The molecule has 0 bridgehead atoms. The summed E-state index contributed by atoms with van der Waals surface area (Å²) >= 11 is 0. The van der Waals surface area contributed by atoms with Crippen LogP contribution in [-0.4, -0.2) is 28.1 Å². The molecule has 0 aromatic carbocycles. The molecule has 2 atom stereocenters. The molecule has 5 nitrogen and oxygen atoms in total. The second-order valence-electron chi connectivity index (χ2n) is 7.18. The number of ketones is 1. The summed E-state index contributed by atoms with van der Waals surface area (Å²) in [7, 11) is 0. The van der Waals surface area contributed by atoms with Gasteiger partial charge < -0.3 is 10.3 Å². The Bertz CT molecular complexity index is 549. The molecule has 5 heteroatoms. The number of carbonyl (C=O) groups is 2. The first-order valence-electron chi connectivity index (χ1n) is 10.8. The highest BCUT2D eigenvalue weighted by Crippen LogP contribution is 2.11. The van der Waals surface area contributed by atoms with Crippen LogP contribution in [0.1, 0.15) is 78.1 Å². The number of aliphatic carboxylic acids is 1. The van der Waals surface area contributed by atoms with E-state index in [2.05, 4.69) is 49.5 Å². The molecule has 0 radical (unpaired) electrons. The van der Waals surface area contributed by atoms with Crippen molar-refractivity contribution < 1.29 is 19.9 Å². The monoisotopic (exact) mass is 405 g/mol. The number of carbonyl (C=O) groups excluding carboxylic acids is 1. The molecular formula is C24H39NO4. The third-order valence-corrected chi connectivity index (χ3v) is 4.57. The van der Waals surface area contributed by atoms with E-state index >= 15 is 0 Å². The Morgan fingerprint density at radius 3 is 1.76 bits per heavy atom. The van der Waals surface area contributed by atoms with Crippen molar-refractivity contribution in [3.05, 3.63) is 48.6 Å². The van der Waals surface area contributed by atoms with E-state index in [4.69, 9.17) is 10.3 Å².